The molecule has 3 rings (SSSR count). The van der Waals surface area contributed by atoms with Crippen molar-refractivity contribution in [1.29, 1.82) is 0 Å². The lowest BCUT2D eigenvalue weighted by molar-refractivity contribution is -0.142. The Morgan fingerprint density at radius 2 is 1.74 bits per heavy atom. The number of nitrogens with one attached hydrogen (secondary N) is 1. The van der Waals surface area contributed by atoms with Crippen molar-refractivity contribution < 1.29 is 41.0 Å². The number of nitrogens with zero attached hydrogens (tertiary/aromatic N) is 1. The van der Waals surface area contributed by atoms with Gasteiger partial charge in [0.05, 0.1) is 40.5 Å². The molecule has 0 spiro atoms. The van der Waals surface area contributed by atoms with E-state index in [2.05, 4.69) is 10.1 Å². The first-order valence-corrected chi connectivity index (χ1v) is 12.1. The van der Waals surface area contributed by atoms with Crippen LogP contribution in [0.3, 0.4) is 0 Å². The third-order valence-corrected chi connectivity index (χ3v) is 6.43. The standard InChI is InChI=1S/C27H26ClF5N2O4/c1-15-20(26(37)39-12-11-35(2)14-16-7-5-4-6-8-16)23(22(25(36)38-3)19(13-29)34-15)21-18(30)10-9-17(28)24(21)27(31,32)33/h4-10,23,34H,11-14H2,1-3H3. The molecule has 39 heavy (non-hydrogen) atoms. The van der Waals surface area contributed by atoms with Crippen LogP contribution in [-0.2, 0) is 31.8 Å². The van der Waals surface area contributed by atoms with E-state index in [9.17, 15) is 27.2 Å². The summed E-state index contributed by atoms with van der Waals surface area (Å²) in [5.74, 6) is -5.80. The van der Waals surface area contributed by atoms with Crippen molar-refractivity contribution in [2.45, 2.75) is 25.6 Å². The number of rotatable bonds is 9. The zero-order valence-electron chi connectivity index (χ0n) is 21.3. The molecule has 12 heteroatoms. The number of carbonyl (C=O) groups is 2. The van der Waals surface area contributed by atoms with Crippen molar-refractivity contribution in [1.82, 2.24) is 10.2 Å². The average Bonchev–Trinajstić information content (AvgIpc) is 2.88. The zero-order valence-corrected chi connectivity index (χ0v) is 22.1. The summed E-state index contributed by atoms with van der Waals surface area (Å²) in [6, 6.07) is 10.8. The highest BCUT2D eigenvalue weighted by molar-refractivity contribution is 6.31. The summed E-state index contributed by atoms with van der Waals surface area (Å²) in [4.78, 5) is 27.9. The lowest BCUT2D eigenvalue weighted by Crippen LogP contribution is -2.35. The van der Waals surface area contributed by atoms with Gasteiger partial charge in [-0.05, 0) is 31.7 Å². The van der Waals surface area contributed by atoms with Crippen LogP contribution in [0.15, 0.2) is 65.0 Å². The summed E-state index contributed by atoms with van der Waals surface area (Å²) in [5, 5.41) is 1.66. The molecule has 0 aromatic heterocycles. The lowest BCUT2D eigenvalue weighted by atomic mass is 9.78. The number of halogens is 6. The number of benzene rings is 2. The van der Waals surface area contributed by atoms with E-state index < -0.39 is 69.5 Å². The molecule has 2 aromatic rings. The van der Waals surface area contributed by atoms with Crippen molar-refractivity contribution in [2.24, 2.45) is 0 Å². The second-order valence-electron chi connectivity index (χ2n) is 8.79. The fourth-order valence-electron chi connectivity index (χ4n) is 4.40. The maximum absolute atomic E-state index is 15.2. The molecule has 0 amide bonds. The molecule has 0 saturated carbocycles. The molecule has 0 aliphatic carbocycles. The number of hydrogen-bond acceptors (Lipinski definition) is 6. The SMILES string of the molecule is COC(=O)C1=C(CF)NC(C)=C(C(=O)OCCN(C)Cc2ccccc2)C1c1c(F)ccc(Cl)c1C(F)(F)F. The minimum absolute atomic E-state index is 0.115. The van der Waals surface area contributed by atoms with Crippen LogP contribution in [0.1, 0.15) is 29.5 Å². The minimum atomic E-state index is -5.18. The van der Waals surface area contributed by atoms with Gasteiger partial charge in [0, 0.05) is 24.4 Å². The molecule has 210 valence electrons. The van der Waals surface area contributed by atoms with Gasteiger partial charge in [0.15, 0.2) is 0 Å². The Morgan fingerprint density at radius 3 is 2.33 bits per heavy atom. The Morgan fingerprint density at radius 1 is 1.08 bits per heavy atom. The van der Waals surface area contributed by atoms with Gasteiger partial charge in [-0.25, -0.2) is 18.4 Å². The number of likely N-dealkylation sites (N-methyl/N-ethyl adjacent to an activating group) is 1. The minimum Gasteiger partial charge on any atom is -0.466 e. The number of allylic oxidation sites excluding steroid dienone is 2. The first-order valence-electron chi connectivity index (χ1n) is 11.7. The van der Waals surface area contributed by atoms with Crippen molar-refractivity contribution in [3.63, 3.8) is 0 Å². The lowest BCUT2D eigenvalue weighted by Gasteiger charge is -2.32. The number of carbonyl (C=O) groups excluding carboxylic acids is 2. The summed E-state index contributed by atoms with van der Waals surface area (Å²) >= 11 is 5.84. The van der Waals surface area contributed by atoms with Crippen molar-refractivity contribution >= 4 is 23.5 Å². The second-order valence-corrected chi connectivity index (χ2v) is 9.20. The summed E-state index contributed by atoms with van der Waals surface area (Å²) in [6.45, 7) is 0.546. The van der Waals surface area contributed by atoms with Gasteiger partial charge >= 0.3 is 18.1 Å². The van der Waals surface area contributed by atoms with Gasteiger partial charge in [-0.2, -0.15) is 13.2 Å². The topological polar surface area (TPSA) is 67.9 Å². The maximum atomic E-state index is 15.2. The number of ether oxygens (including phenoxy) is 2. The van der Waals surface area contributed by atoms with Crippen LogP contribution in [0.25, 0.3) is 0 Å². The van der Waals surface area contributed by atoms with E-state index in [0.717, 1.165) is 12.7 Å². The Labute approximate surface area is 227 Å². The van der Waals surface area contributed by atoms with Crippen LogP contribution in [0.5, 0.6) is 0 Å². The summed E-state index contributed by atoms with van der Waals surface area (Å²) in [6.07, 6.45) is -5.18. The molecule has 1 aliphatic heterocycles. The molecule has 0 saturated heterocycles. The first-order chi connectivity index (χ1) is 18.4. The van der Waals surface area contributed by atoms with E-state index in [1.54, 1.807) is 7.05 Å². The number of esters is 2. The number of hydrogen-bond donors (Lipinski definition) is 1. The fourth-order valence-corrected chi connectivity index (χ4v) is 4.67. The van der Waals surface area contributed by atoms with Crippen molar-refractivity contribution in [3.05, 3.63) is 92.5 Å². The summed E-state index contributed by atoms with van der Waals surface area (Å²) in [5.41, 5.74) is -3.52. The van der Waals surface area contributed by atoms with Crippen LogP contribution in [0.2, 0.25) is 5.02 Å². The molecule has 1 atom stereocenters. The smallest absolute Gasteiger partial charge is 0.418 e. The van der Waals surface area contributed by atoms with Crippen molar-refractivity contribution in [2.75, 3.05) is 34.0 Å². The molecule has 1 heterocycles. The van der Waals surface area contributed by atoms with Gasteiger partial charge in [-0.15, -0.1) is 0 Å². The third-order valence-electron chi connectivity index (χ3n) is 6.12. The predicted octanol–water partition coefficient (Wildman–Crippen LogP) is 5.53. The zero-order chi connectivity index (χ0) is 28.9. The number of methoxy groups -OCH3 is 1. The normalized spacial score (nSPS) is 15.9. The summed E-state index contributed by atoms with van der Waals surface area (Å²) in [7, 11) is 2.70. The molecule has 2 aromatic carbocycles. The van der Waals surface area contributed by atoms with Gasteiger partial charge < -0.3 is 14.8 Å². The highest BCUT2D eigenvalue weighted by atomic mass is 35.5. The van der Waals surface area contributed by atoms with Gasteiger partial charge in [0.2, 0.25) is 0 Å². The van der Waals surface area contributed by atoms with Gasteiger partial charge in [0.1, 0.15) is 19.1 Å². The van der Waals surface area contributed by atoms with E-state index >= 15 is 4.39 Å². The van der Waals surface area contributed by atoms with E-state index in [0.29, 0.717) is 18.7 Å². The van der Waals surface area contributed by atoms with Gasteiger partial charge in [-0.3, -0.25) is 4.90 Å². The van der Waals surface area contributed by atoms with Crippen LogP contribution in [0.4, 0.5) is 22.0 Å². The maximum Gasteiger partial charge on any atom is 0.418 e. The molecular formula is C27H26ClF5N2O4. The second kappa shape index (κ2) is 12.6. The highest BCUT2D eigenvalue weighted by Crippen LogP contribution is 2.47. The van der Waals surface area contributed by atoms with Crippen molar-refractivity contribution in [3.8, 4) is 0 Å². The Balaban J connectivity index is 2.03. The monoisotopic (exact) mass is 572 g/mol. The first kappa shape index (κ1) is 30.1. The molecule has 1 aliphatic rings. The van der Waals surface area contributed by atoms with E-state index in [1.807, 2.05) is 35.2 Å². The molecule has 0 radical (unpaired) electrons. The number of alkyl halides is 4. The molecular weight excluding hydrogens is 547 g/mol. The van der Waals surface area contributed by atoms with E-state index in [-0.39, 0.29) is 18.8 Å². The Hall–Kier alpha value is -3.44. The van der Waals surface area contributed by atoms with Crippen LogP contribution >= 0.6 is 11.6 Å². The van der Waals surface area contributed by atoms with Gasteiger partial charge in [-0.1, -0.05) is 41.9 Å². The van der Waals surface area contributed by atoms with Gasteiger partial charge in [0.25, 0.3) is 0 Å². The molecule has 6 nitrogen and oxygen atoms in total. The molecule has 1 unspecified atom stereocenters. The predicted molar refractivity (Wildman–Crippen MR) is 134 cm³/mol. The fraction of sp³-hybridized carbons (Fsp3) is 0.333. The number of dihydropyridines is 1. The van der Waals surface area contributed by atoms with E-state index in [1.165, 1.54) is 6.92 Å². The largest absolute Gasteiger partial charge is 0.466 e. The summed E-state index contributed by atoms with van der Waals surface area (Å²) < 4.78 is 81.6. The molecule has 0 fully saturated rings. The Kier molecular flexibility index (Phi) is 9.73. The van der Waals surface area contributed by atoms with E-state index in [4.69, 9.17) is 16.3 Å². The quantitative estimate of drug-likeness (QED) is 0.315. The molecule has 0 bridgehead atoms. The average molecular weight is 573 g/mol. The third kappa shape index (κ3) is 6.77. The molecule has 1 N–H and O–H groups in total. The highest BCUT2D eigenvalue weighted by Gasteiger charge is 2.46. The Bertz CT molecular complexity index is 1300. The van der Waals surface area contributed by atoms with Crippen LogP contribution < -0.4 is 5.32 Å². The van der Waals surface area contributed by atoms with Crippen LogP contribution in [-0.4, -0.2) is 50.8 Å². The van der Waals surface area contributed by atoms with Crippen LogP contribution in [0, 0.1) is 5.82 Å².